The van der Waals surface area contributed by atoms with Crippen molar-refractivity contribution in [2.45, 2.75) is 12.5 Å². The Kier molecular flexibility index (Phi) is 5.39. The predicted molar refractivity (Wildman–Crippen MR) is 96.2 cm³/mol. The van der Waals surface area contributed by atoms with Crippen LogP contribution in [0.4, 0.5) is 5.69 Å². The van der Waals surface area contributed by atoms with Crippen molar-refractivity contribution in [3.8, 4) is 0 Å². The molecule has 0 aliphatic heterocycles. The molecule has 1 unspecified atom stereocenters. The van der Waals surface area contributed by atoms with Gasteiger partial charge in [-0.25, -0.2) is 5.48 Å². The number of benzene rings is 2. The molecule has 1 aromatic heterocycles. The number of aromatic nitrogens is 1. The number of nitrogens with zero attached hydrogens (tertiary/aromatic N) is 1. The molecular formula is C20H19N3O2. The van der Waals surface area contributed by atoms with Crippen LogP contribution in [0.25, 0.3) is 0 Å². The van der Waals surface area contributed by atoms with Gasteiger partial charge in [-0.1, -0.05) is 48.5 Å². The summed E-state index contributed by atoms with van der Waals surface area (Å²) in [5.41, 5.74) is 5.20. The molecule has 0 aliphatic carbocycles. The van der Waals surface area contributed by atoms with E-state index < -0.39 is 11.8 Å². The summed E-state index contributed by atoms with van der Waals surface area (Å²) in [5.74, 6) is -1.05. The molecule has 0 spiro atoms. The summed E-state index contributed by atoms with van der Waals surface area (Å²) >= 11 is 0. The molecule has 0 saturated carbocycles. The molecule has 25 heavy (non-hydrogen) atoms. The van der Waals surface area contributed by atoms with Crippen molar-refractivity contribution in [2.75, 3.05) is 5.32 Å². The molecule has 126 valence electrons. The third-order valence-electron chi connectivity index (χ3n) is 3.93. The van der Waals surface area contributed by atoms with E-state index in [2.05, 4.69) is 10.3 Å². The SMILES string of the molecule is O=C(NO)C(c1ccccc1)c1cccc(NCc2ccccn2)c1. The summed E-state index contributed by atoms with van der Waals surface area (Å²) in [6, 6.07) is 22.7. The van der Waals surface area contributed by atoms with Gasteiger partial charge in [0.1, 0.15) is 0 Å². The number of pyridine rings is 1. The van der Waals surface area contributed by atoms with Crippen LogP contribution in [-0.4, -0.2) is 16.1 Å². The minimum absolute atomic E-state index is 0.465. The Hall–Kier alpha value is -3.18. The van der Waals surface area contributed by atoms with Crippen LogP contribution in [0.1, 0.15) is 22.7 Å². The van der Waals surface area contributed by atoms with E-state index >= 15 is 0 Å². The lowest BCUT2D eigenvalue weighted by Crippen LogP contribution is -2.27. The fourth-order valence-corrected chi connectivity index (χ4v) is 2.73. The zero-order valence-electron chi connectivity index (χ0n) is 13.6. The summed E-state index contributed by atoms with van der Waals surface area (Å²) in [5, 5.41) is 12.4. The predicted octanol–water partition coefficient (Wildman–Crippen LogP) is 3.33. The van der Waals surface area contributed by atoms with Crippen LogP contribution in [0.15, 0.2) is 79.0 Å². The Balaban J connectivity index is 1.84. The van der Waals surface area contributed by atoms with E-state index in [-0.39, 0.29) is 0 Å². The van der Waals surface area contributed by atoms with Crippen LogP contribution in [0.3, 0.4) is 0 Å². The first-order valence-corrected chi connectivity index (χ1v) is 8.00. The highest BCUT2D eigenvalue weighted by molar-refractivity contribution is 5.86. The van der Waals surface area contributed by atoms with E-state index in [0.29, 0.717) is 6.54 Å². The Morgan fingerprint density at radius 3 is 2.44 bits per heavy atom. The number of rotatable bonds is 6. The quantitative estimate of drug-likeness (QED) is 0.478. The van der Waals surface area contributed by atoms with Crippen molar-refractivity contribution in [3.05, 3.63) is 95.8 Å². The smallest absolute Gasteiger partial charge is 0.255 e. The van der Waals surface area contributed by atoms with E-state index in [1.807, 2.05) is 72.8 Å². The molecule has 1 heterocycles. The van der Waals surface area contributed by atoms with Gasteiger partial charge in [0.15, 0.2) is 0 Å². The van der Waals surface area contributed by atoms with Gasteiger partial charge in [0, 0.05) is 11.9 Å². The number of hydrogen-bond donors (Lipinski definition) is 3. The number of carbonyl (C=O) groups is 1. The minimum atomic E-state index is -0.581. The topological polar surface area (TPSA) is 74.2 Å². The second-order valence-electron chi connectivity index (χ2n) is 5.62. The number of hydrogen-bond acceptors (Lipinski definition) is 4. The third kappa shape index (κ3) is 4.22. The maximum absolute atomic E-state index is 12.2. The van der Waals surface area contributed by atoms with E-state index in [0.717, 1.165) is 22.5 Å². The highest BCUT2D eigenvalue weighted by atomic mass is 16.5. The fourth-order valence-electron chi connectivity index (χ4n) is 2.73. The summed E-state index contributed by atoms with van der Waals surface area (Å²) in [6.07, 6.45) is 1.75. The molecule has 2 aromatic carbocycles. The van der Waals surface area contributed by atoms with E-state index in [4.69, 9.17) is 5.21 Å². The summed E-state index contributed by atoms with van der Waals surface area (Å²) < 4.78 is 0. The van der Waals surface area contributed by atoms with Gasteiger partial charge < -0.3 is 5.32 Å². The van der Waals surface area contributed by atoms with E-state index in [1.54, 1.807) is 11.7 Å². The number of amides is 1. The van der Waals surface area contributed by atoms with Gasteiger partial charge in [0.2, 0.25) is 0 Å². The van der Waals surface area contributed by atoms with Crippen LogP contribution in [0.5, 0.6) is 0 Å². The van der Waals surface area contributed by atoms with Crippen molar-refractivity contribution in [1.29, 1.82) is 0 Å². The van der Waals surface area contributed by atoms with Crippen LogP contribution in [-0.2, 0) is 11.3 Å². The van der Waals surface area contributed by atoms with Crippen molar-refractivity contribution >= 4 is 11.6 Å². The molecular weight excluding hydrogens is 314 g/mol. The summed E-state index contributed by atoms with van der Waals surface area (Å²) in [7, 11) is 0. The number of hydroxylamine groups is 1. The molecule has 3 N–H and O–H groups in total. The molecule has 1 amide bonds. The van der Waals surface area contributed by atoms with Gasteiger partial charge in [0.05, 0.1) is 18.2 Å². The van der Waals surface area contributed by atoms with Crippen molar-refractivity contribution < 1.29 is 10.0 Å². The highest BCUT2D eigenvalue weighted by Gasteiger charge is 2.22. The van der Waals surface area contributed by atoms with Crippen molar-refractivity contribution in [1.82, 2.24) is 10.5 Å². The van der Waals surface area contributed by atoms with Gasteiger partial charge in [-0.2, -0.15) is 0 Å². The van der Waals surface area contributed by atoms with Gasteiger partial charge in [-0.3, -0.25) is 15.0 Å². The zero-order valence-corrected chi connectivity index (χ0v) is 13.6. The van der Waals surface area contributed by atoms with Crippen molar-refractivity contribution in [2.24, 2.45) is 0 Å². The van der Waals surface area contributed by atoms with Crippen LogP contribution < -0.4 is 10.8 Å². The van der Waals surface area contributed by atoms with E-state index in [1.165, 1.54) is 0 Å². The lowest BCUT2D eigenvalue weighted by atomic mass is 9.90. The fraction of sp³-hybridized carbons (Fsp3) is 0.100. The second kappa shape index (κ2) is 8.08. The molecule has 0 fully saturated rings. The highest BCUT2D eigenvalue weighted by Crippen LogP contribution is 2.27. The lowest BCUT2D eigenvalue weighted by molar-refractivity contribution is -0.129. The normalized spacial score (nSPS) is 11.6. The summed E-state index contributed by atoms with van der Waals surface area (Å²) in [6.45, 7) is 0.590. The molecule has 5 heteroatoms. The maximum atomic E-state index is 12.2. The standard InChI is InChI=1S/C20H19N3O2/c24-20(23-25)19(15-7-2-1-3-8-15)16-9-6-11-17(13-16)22-14-18-10-4-5-12-21-18/h1-13,19,22,25H,14H2,(H,23,24). The second-order valence-corrected chi connectivity index (χ2v) is 5.62. The number of anilines is 1. The molecule has 0 saturated heterocycles. The molecule has 3 aromatic rings. The maximum Gasteiger partial charge on any atom is 0.255 e. The lowest BCUT2D eigenvalue weighted by Gasteiger charge is -2.17. The molecule has 5 nitrogen and oxygen atoms in total. The number of carbonyl (C=O) groups excluding carboxylic acids is 1. The first-order valence-electron chi connectivity index (χ1n) is 8.00. The van der Waals surface area contributed by atoms with Crippen molar-refractivity contribution in [3.63, 3.8) is 0 Å². The number of nitrogens with one attached hydrogen (secondary N) is 2. The zero-order chi connectivity index (χ0) is 17.5. The Morgan fingerprint density at radius 1 is 0.960 bits per heavy atom. The summed E-state index contributed by atoms with van der Waals surface area (Å²) in [4.78, 5) is 16.5. The molecule has 1 atom stereocenters. The van der Waals surface area contributed by atoms with Gasteiger partial charge in [0.25, 0.3) is 5.91 Å². The Morgan fingerprint density at radius 2 is 1.72 bits per heavy atom. The molecule has 0 bridgehead atoms. The Bertz CT molecular complexity index is 823. The monoisotopic (exact) mass is 333 g/mol. The third-order valence-corrected chi connectivity index (χ3v) is 3.93. The van der Waals surface area contributed by atoms with Crippen LogP contribution in [0.2, 0.25) is 0 Å². The first kappa shape index (κ1) is 16.7. The Labute approximate surface area is 146 Å². The molecule has 0 aliphatic rings. The molecule has 3 rings (SSSR count). The van der Waals surface area contributed by atoms with Gasteiger partial charge >= 0.3 is 0 Å². The van der Waals surface area contributed by atoms with Gasteiger partial charge in [-0.15, -0.1) is 0 Å². The average molecular weight is 333 g/mol. The van der Waals surface area contributed by atoms with Crippen LogP contribution in [0, 0.1) is 0 Å². The largest absolute Gasteiger partial charge is 0.379 e. The van der Waals surface area contributed by atoms with Gasteiger partial charge in [-0.05, 0) is 35.4 Å². The molecule has 0 radical (unpaired) electrons. The average Bonchev–Trinajstić information content (AvgIpc) is 2.68. The van der Waals surface area contributed by atoms with Crippen LogP contribution >= 0.6 is 0 Å². The van der Waals surface area contributed by atoms with E-state index in [9.17, 15) is 4.79 Å². The first-order chi connectivity index (χ1) is 12.3. The minimum Gasteiger partial charge on any atom is -0.379 e.